The van der Waals surface area contributed by atoms with E-state index in [0.717, 1.165) is 12.8 Å². The van der Waals surface area contributed by atoms with Crippen LogP contribution in [0.25, 0.3) is 0 Å². The van der Waals surface area contributed by atoms with Gasteiger partial charge in [0.05, 0.1) is 12.5 Å². The second kappa shape index (κ2) is 28.0. The number of unbranched alkanes of at least 4 members (excludes halogenated alkanes) is 19. The van der Waals surface area contributed by atoms with Gasteiger partial charge in [-0.1, -0.05) is 169 Å². The van der Waals surface area contributed by atoms with Crippen molar-refractivity contribution in [2.45, 2.75) is 188 Å². The van der Waals surface area contributed by atoms with Crippen LogP contribution in [0.4, 0.5) is 0 Å². The van der Waals surface area contributed by atoms with Crippen LogP contribution < -0.4 is 0 Å². The van der Waals surface area contributed by atoms with Crippen LogP contribution in [0.2, 0.25) is 0 Å². The molecule has 2 nitrogen and oxygen atoms in total. The van der Waals surface area contributed by atoms with E-state index < -0.39 is 0 Å². The number of ether oxygens (including phenoxy) is 1. The van der Waals surface area contributed by atoms with E-state index in [4.69, 9.17) is 4.74 Å². The molecule has 0 radical (unpaired) electrons. The zero-order valence-electron chi connectivity index (χ0n) is 24.9. The zero-order chi connectivity index (χ0) is 25.8. The molecule has 0 bridgehead atoms. The van der Waals surface area contributed by atoms with Crippen molar-refractivity contribution in [2.75, 3.05) is 6.61 Å². The Morgan fingerprint density at radius 3 is 1.20 bits per heavy atom. The molecular formula is C33H66O2. The predicted octanol–water partition coefficient (Wildman–Crippen LogP) is 11.6. The number of carbonyl (C=O) groups excluding carboxylic acids is 1. The Balaban J connectivity index is 4.11. The van der Waals surface area contributed by atoms with Crippen LogP contribution in [0.3, 0.4) is 0 Å². The molecule has 210 valence electrons. The highest BCUT2D eigenvalue weighted by Gasteiger charge is 2.17. The van der Waals surface area contributed by atoms with E-state index in [0.29, 0.717) is 12.5 Å². The Morgan fingerprint density at radius 2 is 0.800 bits per heavy atom. The molecule has 0 aliphatic carbocycles. The Morgan fingerprint density at radius 1 is 0.486 bits per heavy atom. The van der Waals surface area contributed by atoms with Gasteiger partial charge in [-0.05, 0) is 25.2 Å². The zero-order valence-corrected chi connectivity index (χ0v) is 24.9. The molecule has 0 heterocycles. The summed E-state index contributed by atoms with van der Waals surface area (Å²) in [5.41, 5.74) is 0. The highest BCUT2D eigenvalue weighted by molar-refractivity contribution is 5.71. The number of esters is 1. The smallest absolute Gasteiger partial charge is 0.308 e. The van der Waals surface area contributed by atoms with Crippen molar-refractivity contribution in [3.8, 4) is 0 Å². The van der Waals surface area contributed by atoms with E-state index in [1.54, 1.807) is 0 Å². The predicted molar refractivity (Wildman–Crippen MR) is 156 cm³/mol. The average molecular weight is 495 g/mol. The molecular weight excluding hydrogens is 428 g/mol. The van der Waals surface area contributed by atoms with Gasteiger partial charge >= 0.3 is 5.97 Å². The minimum absolute atomic E-state index is 0.0428. The maximum Gasteiger partial charge on any atom is 0.308 e. The van der Waals surface area contributed by atoms with Gasteiger partial charge < -0.3 is 4.74 Å². The molecule has 0 aromatic rings. The number of hydrogen-bond donors (Lipinski definition) is 0. The van der Waals surface area contributed by atoms with Gasteiger partial charge in [0, 0.05) is 0 Å². The van der Waals surface area contributed by atoms with Gasteiger partial charge in [-0.25, -0.2) is 0 Å². The summed E-state index contributed by atoms with van der Waals surface area (Å²) in [5, 5.41) is 0. The molecule has 0 fully saturated rings. The van der Waals surface area contributed by atoms with E-state index in [1.807, 2.05) is 0 Å². The molecule has 0 aromatic carbocycles. The molecule has 0 saturated carbocycles. The Labute approximate surface area is 222 Å². The SMILES string of the molecule is CCCCCCCCCCCCC(CCCCCCCCCCC)COC(=O)C(C)CCCCC. The average Bonchev–Trinajstić information content (AvgIpc) is 2.86. The molecule has 0 aliphatic rings. The maximum atomic E-state index is 12.5. The van der Waals surface area contributed by atoms with Crippen molar-refractivity contribution in [3.05, 3.63) is 0 Å². The quantitative estimate of drug-likeness (QED) is 0.0798. The molecule has 35 heavy (non-hydrogen) atoms. The first-order chi connectivity index (χ1) is 17.2. The van der Waals surface area contributed by atoms with Crippen molar-refractivity contribution in [3.63, 3.8) is 0 Å². The fourth-order valence-corrected chi connectivity index (χ4v) is 5.14. The van der Waals surface area contributed by atoms with Crippen molar-refractivity contribution in [2.24, 2.45) is 11.8 Å². The van der Waals surface area contributed by atoms with Gasteiger partial charge in [-0.3, -0.25) is 4.79 Å². The summed E-state index contributed by atoms with van der Waals surface area (Å²) in [4.78, 5) is 12.5. The molecule has 0 saturated heterocycles. The monoisotopic (exact) mass is 495 g/mol. The summed E-state index contributed by atoms with van der Waals surface area (Å²) in [6.45, 7) is 9.50. The normalized spacial score (nSPS) is 13.1. The van der Waals surface area contributed by atoms with E-state index in [2.05, 4.69) is 27.7 Å². The highest BCUT2D eigenvalue weighted by Crippen LogP contribution is 2.21. The van der Waals surface area contributed by atoms with Crippen LogP contribution >= 0.6 is 0 Å². The first kappa shape index (κ1) is 34.5. The highest BCUT2D eigenvalue weighted by atomic mass is 16.5. The summed E-state index contributed by atoms with van der Waals surface area (Å²) in [5.74, 6) is 0.675. The summed E-state index contributed by atoms with van der Waals surface area (Å²) >= 11 is 0. The first-order valence-corrected chi connectivity index (χ1v) is 16.3. The third-order valence-corrected chi connectivity index (χ3v) is 7.79. The fourth-order valence-electron chi connectivity index (χ4n) is 5.14. The lowest BCUT2D eigenvalue weighted by Crippen LogP contribution is -2.19. The van der Waals surface area contributed by atoms with Crippen LogP contribution in [0.15, 0.2) is 0 Å². The Kier molecular flexibility index (Phi) is 27.6. The molecule has 0 rings (SSSR count). The number of carbonyl (C=O) groups is 1. The van der Waals surface area contributed by atoms with Gasteiger partial charge in [-0.2, -0.15) is 0 Å². The Hall–Kier alpha value is -0.530. The lowest BCUT2D eigenvalue weighted by atomic mass is 9.94. The largest absolute Gasteiger partial charge is 0.465 e. The second-order valence-corrected chi connectivity index (χ2v) is 11.5. The summed E-state index contributed by atoms with van der Waals surface area (Å²) in [7, 11) is 0. The van der Waals surface area contributed by atoms with E-state index >= 15 is 0 Å². The fraction of sp³-hybridized carbons (Fsp3) is 0.970. The van der Waals surface area contributed by atoms with E-state index in [-0.39, 0.29) is 11.9 Å². The summed E-state index contributed by atoms with van der Waals surface area (Å²) in [6.07, 6.45) is 33.3. The van der Waals surface area contributed by atoms with Crippen molar-refractivity contribution >= 4 is 5.97 Å². The molecule has 2 atom stereocenters. The molecule has 0 spiro atoms. The van der Waals surface area contributed by atoms with Crippen molar-refractivity contribution in [1.29, 1.82) is 0 Å². The standard InChI is InChI=1S/C33H66O2/c1-5-8-11-13-15-17-19-21-23-26-29-32(28-25-22-20-18-16-14-12-9-6-2)30-35-33(34)31(4)27-24-10-7-3/h31-32H,5-30H2,1-4H3. The Bertz CT molecular complexity index is 419. The third kappa shape index (κ3) is 24.9. The van der Waals surface area contributed by atoms with Crippen LogP contribution in [0, 0.1) is 11.8 Å². The summed E-state index contributed by atoms with van der Waals surface area (Å²) < 4.78 is 5.83. The molecule has 0 aliphatic heterocycles. The van der Waals surface area contributed by atoms with Crippen molar-refractivity contribution < 1.29 is 9.53 Å². The van der Waals surface area contributed by atoms with Crippen LogP contribution in [-0.4, -0.2) is 12.6 Å². The summed E-state index contributed by atoms with van der Waals surface area (Å²) in [6, 6.07) is 0. The van der Waals surface area contributed by atoms with Crippen molar-refractivity contribution in [1.82, 2.24) is 0 Å². The van der Waals surface area contributed by atoms with Crippen LogP contribution in [0.1, 0.15) is 188 Å². The lowest BCUT2D eigenvalue weighted by molar-refractivity contribution is -0.149. The number of hydrogen-bond acceptors (Lipinski definition) is 2. The molecule has 2 unspecified atom stereocenters. The molecule has 0 aromatic heterocycles. The lowest BCUT2D eigenvalue weighted by Gasteiger charge is -2.19. The minimum Gasteiger partial charge on any atom is -0.465 e. The van der Waals surface area contributed by atoms with Crippen LogP contribution in [0.5, 0.6) is 0 Å². The maximum absolute atomic E-state index is 12.5. The first-order valence-electron chi connectivity index (χ1n) is 16.3. The number of rotatable bonds is 28. The molecule has 0 N–H and O–H groups in total. The van der Waals surface area contributed by atoms with E-state index in [9.17, 15) is 4.79 Å². The van der Waals surface area contributed by atoms with Gasteiger partial charge in [0.1, 0.15) is 0 Å². The second-order valence-electron chi connectivity index (χ2n) is 11.5. The van der Waals surface area contributed by atoms with Gasteiger partial charge in [0.15, 0.2) is 0 Å². The van der Waals surface area contributed by atoms with Gasteiger partial charge in [0.25, 0.3) is 0 Å². The topological polar surface area (TPSA) is 26.3 Å². The molecule has 2 heteroatoms. The van der Waals surface area contributed by atoms with E-state index in [1.165, 1.54) is 148 Å². The van der Waals surface area contributed by atoms with Gasteiger partial charge in [-0.15, -0.1) is 0 Å². The van der Waals surface area contributed by atoms with Gasteiger partial charge in [0.2, 0.25) is 0 Å². The third-order valence-electron chi connectivity index (χ3n) is 7.79. The van der Waals surface area contributed by atoms with Crippen LogP contribution in [-0.2, 0) is 9.53 Å². The minimum atomic E-state index is 0.0428. The molecule has 0 amide bonds.